The van der Waals surface area contributed by atoms with Crippen molar-refractivity contribution in [3.63, 3.8) is 0 Å². The van der Waals surface area contributed by atoms with Crippen LogP contribution < -0.4 is 0 Å². The Morgan fingerprint density at radius 1 is 1.38 bits per heavy atom. The van der Waals surface area contributed by atoms with Crippen molar-refractivity contribution in [3.8, 4) is 12.3 Å². The molecule has 1 nitrogen and oxygen atoms in total. The fraction of sp³-hybridized carbons (Fsp3) is 0.467. The highest BCUT2D eigenvalue weighted by molar-refractivity contribution is 5.35. The largest absolute Gasteiger partial charge is 0.348 e. The zero-order valence-corrected chi connectivity index (χ0v) is 11.4. The molecule has 0 heterocycles. The summed E-state index contributed by atoms with van der Waals surface area (Å²) < 4.78 is 0. The average Bonchev–Trinajstić information content (AvgIpc) is 2.21. The summed E-state index contributed by atoms with van der Waals surface area (Å²) in [6.45, 7) is 14.6. The molecule has 0 aliphatic heterocycles. The van der Waals surface area contributed by atoms with Crippen LogP contribution in [0.25, 0.3) is 0 Å². The molecule has 0 radical (unpaired) electrons. The molecule has 0 aliphatic carbocycles. The zero-order valence-electron chi connectivity index (χ0n) is 11.4. The first kappa shape index (κ1) is 14.6. The zero-order chi connectivity index (χ0) is 12.9. The van der Waals surface area contributed by atoms with E-state index in [0.717, 1.165) is 17.0 Å². The van der Waals surface area contributed by atoms with Gasteiger partial charge in [-0.3, -0.25) is 0 Å². The van der Waals surface area contributed by atoms with Crippen LogP contribution in [0, 0.1) is 17.8 Å². The molecule has 0 saturated carbocycles. The van der Waals surface area contributed by atoms with Gasteiger partial charge in [-0.05, 0) is 19.4 Å². The van der Waals surface area contributed by atoms with Crippen LogP contribution in [-0.4, -0.2) is 11.9 Å². The molecule has 0 rings (SSSR count). The van der Waals surface area contributed by atoms with E-state index in [4.69, 9.17) is 6.42 Å². The van der Waals surface area contributed by atoms with Crippen molar-refractivity contribution in [2.75, 3.05) is 7.05 Å². The lowest BCUT2D eigenvalue weighted by Gasteiger charge is -2.33. The van der Waals surface area contributed by atoms with Crippen molar-refractivity contribution in [1.29, 1.82) is 0 Å². The molecule has 0 aromatic heterocycles. The monoisotopic (exact) mass is 217 g/mol. The van der Waals surface area contributed by atoms with Gasteiger partial charge in [-0.2, -0.15) is 0 Å². The summed E-state index contributed by atoms with van der Waals surface area (Å²) in [5, 5.41) is 0. The number of terminal acetylenes is 1. The van der Waals surface area contributed by atoms with Gasteiger partial charge in [-0.25, -0.2) is 0 Å². The predicted octanol–water partition coefficient (Wildman–Crippen LogP) is 3.96. The van der Waals surface area contributed by atoms with Crippen LogP contribution in [-0.2, 0) is 0 Å². The first-order chi connectivity index (χ1) is 7.25. The maximum atomic E-state index is 5.36. The number of hydrogen-bond donors (Lipinski definition) is 0. The molecule has 88 valence electrons. The number of rotatable bonds is 3. The maximum Gasteiger partial charge on any atom is 0.0516 e. The second-order valence-electron chi connectivity index (χ2n) is 4.92. The average molecular weight is 217 g/mol. The third-order valence-corrected chi connectivity index (χ3v) is 2.69. The van der Waals surface area contributed by atoms with Gasteiger partial charge in [0, 0.05) is 24.2 Å². The number of nitrogens with zero attached hydrogens (tertiary/aromatic N) is 1. The van der Waals surface area contributed by atoms with Gasteiger partial charge in [-0.15, -0.1) is 6.42 Å². The van der Waals surface area contributed by atoms with Crippen LogP contribution in [0.3, 0.4) is 0 Å². The summed E-state index contributed by atoms with van der Waals surface area (Å²) in [5.74, 6) is 2.58. The Morgan fingerprint density at radius 3 is 2.19 bits per heavy atom. The SMILES string of the molecule is C#C/C=C(\C(C)=C/C)N(C)C(=C)C(C)(C)C. The van der Waals surface area contributed by atoms with Gasteiger partial charge in [0.1, 0.15) is 0 Å². The Kier molecular flexibility index (Phi) is 5.11. The van der Waals surface area contributed by atoms with Gasteiger partial charge in [0.25, 0.3) is 0 Å². The molecule has 16 heavy (non-hydrogen) atoms. The molecule has 0 aromatic carbocycles. The lowest BCUT2D eigenvalue weighted by atomic mass is 9.91. The molecule has 1 heteroatoms. The van der Waals surface area contributed by atoms with E-state index < -0.39 is 0 Å². The standard InChI is InChI=1S/C15H23N/c1-9-11-14(12(3)10-2)16(8)13(4)15(5,6)7/h1,10-11H,4H2,2-3,5-8H3/b12-10-,14-11+. The molecular formula is C15H23N. The quantitative estimate of drug-likeness (QED) is 0.511. The van der Waals surface area contributed by atoms with E-state index in [0.29, 0.717) is 0 Å². The Labute approximate surface area is 101 Å². The summed E-state index contributed by atoms with van der Waals surface area (Å²) >= 11 is 0. The second kappa shape index (κ2) is 5.61. The fourth-order valence-corrected chi connectivity index (χ4v) is 1.35. The van der Waals surface area contributed by atoms with Crippen LogP contribution in [0.2, 0.25) is 0 Å². The third-order valence-electron chi connectivity index (χ3n) is 2.69. The fourth-order valence-electron chi connectivity index (χ4n) is 1.35. The first-order valence-corrected chi connectivity index (χ1v) is 5.48. The molecular weight excluding hydrogens is 194 g/mol. The van der Waals surface area contributed by atoms with Crippen molar-refractivity contribution in [3.05, 3.63) is 35.7 Å². The highest BCUT2D eigenvalue weighted by Gasteiger charge is 2.20. The van der Waals surface area contributed by atoms with E-state index in [-0.39, 0.29) is 5.41 Å². The Hall–Kier alpha value is -1.42. The summed E-state index contributed by atoms with van der Waals surface area (Å²) in [7, 11) is 2.00. The maximum absolute atomic E-state index is 5.36. The normalized spacial score (nSPS) is 13.3. The van der Waals surface area contributed by atoms with Gasteiger partial charge in [0.05, 0.1) is 5.70 Å². The van der Waals surface area contributed by atoms with Gasteiger partial charge < -0.3 is 4.90 Å². The van der Waals surface area contributed by atoms with E-state index in [1.54, 1.807) is 6.08 Å². The van der Waals surface area contributed by atoms with Gasteiger partial charge in [-0.1, -0.05) is 39.3 Å². The Bertz CT molecular complexity index is 356. The molecule has 0 atom stereocenters. The van der Waals surface area contributed by atoms with E-state index >= 15 is 0 Å². The van der Waals surface area contributed by atoms with E-state index in [1.807, 2.05) is 14.0 Å². The highest BCUT2D eigenvalue weighted by atomic mass is 15.1. The molecule has 0 fully saturated rings. The molecule has 0 N–H and O–H groups in total. The Morgan fingerprint density at radius 2 is 1.88 bits per heavy atom. The minimum absolute atomic E-state index is 0.0382. The van der Waals surface area contributed by atoms with E-state index in [2.05, 4.69) is 51.2 Å². The van der Waals surface area contributed by atoms with Crippen LogP contribution in [0.1, 0.15) is 34.6 Å². The van der Waals surface area contributed by atoms with Gasteiger partial charge in [0.15, 0.2) is 0 Å². The van der Waals surface area contributed by atoms with Crippen molar-refractivity contribution in [1.82, 2.24) is 4.90 Å². The second-order valence-corrected chi connectivity index (χ2v) is 4.92. The molecule has 0 spiro atoms. The predicted molar refractivity (Wildman–Crippen MR) is 72.7 cm³/mol. The van der Waals surface area contributed by atoms with Crippen LogP contribution in [0.5, 0.6) is 0 Å². The number of hydrogen-bond acceptors (Lipinski definition) is 1. The molecule has 0 bridgehead atoms. The molecule has 0 aliphatic rings. The van der Waals surface area contributed by atoms with Crippen molar-refractivity contribution >= 4 is 0 Å². The van der Waals surface area contributed by atoms with Crippen molar-refractivity contribution in [2.24, 2.45) is 5.41 Å². The van der Waals surface area contributed by atoms with Crippen LogP contribution in [0.4, 0.5) is 0 Å². The summed E-state index contributed by atoms with van der Waals surface area (Å²) in [6, 6.07) is 0. The molecule has 0 saturated heterocycles. The third kappa shape index (κ3) is 3.62. The molecule has 0 amide bonds. The van der Waals surface area contributed by atoms with Crippen molar-refractivity contribution < 1.29 is 0 Å². The topological polar surface area (TPSA) is 3.24 Å². The van der Waals surface area contributed by atoms with Crippen LogP contribution in [0.15, 0.2) is 35.7 Å². The van der Waals surface area contributed by atoms with E-state index in [1.165, 1.54) is 0 Å². The summed E-state index contributed by atoms with van der Waals surface area (Å²) in [4.78, 5) is 2.06. The van der Waals surface area contributed by atoms with E-state index in [9.17, 15) is 0 Å². The lowest BCUT2D eigenvalue weighted by molar-refractivity contribution is 0.364. The van der Waals surface area contributed by atoms with Crippen molar-refractivity contribution in [2.45, 2.75) is 34.6 Å². The summed E-state index contributed by atoms with van der Waals surface area (Å²) in [6.07, 6.45) is 9.19. The smallest absolute Gasteiger partial charge is 0.0516 e. The molecule has 0 aromatic rings. The van der Waals surface area contributed by atoms with Crippen LogP contribution >= 0.6 is 0 Å². The Balaban J connectivity index is 5.24. The lowest BCUT2D eigenvalue weighted by Crippen LogP contribution is -2.26. The minimum atomic E-state index is 0.0382. The number of allylic oxidation sites excluding steroid dienone is 4. The highest BCUT2D eigenvalue weighted by Crippen LogP contribution is 2.30. The van der Waals surface area contributed by atoms with Gasteiger partial charge in [0.2, 0.25) is 0 Å². The molecule has 0 unspecified atom stereocenters. The van der Waals surface area contributed by atoms with Gasteiger partial charge >= 0.3 is 0 Å². The number of likely N-dealkylation sites (N-methyl/N-ethyl adjacent to an activating group) is 1. The minimum Gasteiger partial charge on any atom is -0.348 e. The first-order valence-electron chi connectivity index (χ1n) is 5.48. The summed E-state index contributed by atoms with van der Waals surface area (Å²) in [5.41, 5.74) is 3.28.